The van der Waals surface area contributed by atoms with Crippen LogP contribution in [0.25, 0.3) is 0 Å². The van der Waals surface area contributed by atoms with E-state index in [1.165, 1.54) is 6.42 Å². The molecule has 1 aliphatic carbocycles. The van der Waals surface area contributed by atoms with Crippen molar-refractivity contribution in [3.05, 3.63) is 16.4 Å². The Bertz CT molecular complexity index is 472. The maximum Gasteiger partial charge on any atom is 0.0844 e. The van der Waals surface area contributed by atoms with Gasteiger partial charge in [-0.25, -0.2) is 0 Å². The van der Waals surface area contributed by atoms with Crippen LogP contribution < -0.4 is 0 Å². The summed E-state index contributed by atoms with van der Waals surface area (Å²) in [5.74, 6) is 0.782. The van der Waals surface area contributed by atoms with Gasteiger partial charge >= 0.3 is 0 Å². The fourth-order valence-electron chi connectivity index (χ4n) is 2.99. The Hall–Kier alpha value is -1.01. The van der Waals surface area contributed by atoms with Crippen molar-refractivity contribution in [2.24, 2.45) is 11.8 Å². The minimum Gasteiger partial charge on any atom is -0.264 e. The minimum atomic E-state index is 0.0712. The molecular formula is C14H20ClN3. The van der Waals surface area contributed by atoms with Gasteiger partial charge < -0.3 is 0 Å². The van der Waals surface area contributed by atoms with Gasteiger partial charge in [0.1, 0.15) is 0 Å². The van der Waals surface area contributed by atoms with E-state index < -0.39 is 0 Å². The second-order valence-electron chi connectivity index (χ2n) is 5.32. The lowest BCUT2D eigenvalue weighted by atomic mass is 9.78. The molecule has 0 bridgehead atoms. The van der Waals surface area contributed by atoms with Gasteiger partial charge in [0.25, 0.3) is 0 Å². The first-order chi connectivity index (χ1) is 8.58. The van der Waals surface area contributed by atoms with Gasteiger partial charge in [-0.15, -0.1) is 0 Å². The molecule has 0 aromatic carbocycles. The second kappa shape index (κ2) is 5.32. The van der Waals surface area contributed by atoms with Crippen LogP contribution in [0.15, 0.2) is 0 Å². The van der Waals surface area contributed by atoms with E-state index in [4.69, 9.17) is 11.6 Å². The fourth-order valence-corrected chi connectivity index (χ4v) is 3.11. The summed E-state index contributed by atoms with van der Waals surface area (Å²) in [7, 11) is 0. The Kier molecular flexibility index (Phi) is 3.97. The molecule has 1 fully saturated rings. The number of hydrogen-bond donors (Lipinski definition) is 0. The van der Waals surface area contributed by atoms with Crippen LogP contribution in [0.3, 0.4) is 0 Å². The van der Waals surface area contributed by atoms with Crippen LogP contribution in [-0.4, -0.2) is 9.78 Å². The van der Waals surface area contributed by atoms with Crippen LogP contribution in [0.5, 0.6) is 0 Å². The van der Waals surface area contributed by atoms with Gasteiger partial charge in [-0.2, -0.15) is 10.4 Å². The van der Waals surface area contributed by atoms with Crippen molar-refractivity contribution >= 4 is 11.6 Å². The third-order valence-corrected chi connectivity index (χ3v) is 4.77. The van der Waals surface area contributed by atoms with Crippen molar-refractivity contribution in [1.82, 2.24) is 9.78 Å². The molecule has 1 aliphatic rings. The smallest absolute Gasteiger partial charge is 0.0844 e. The average Bonchev–Trinajstić information content (AvgIpc) is 2.65. The number of aromatic nitrogens is 2. The summed E-state index contributed by atoms with van der Waals surface area (Å²) in [4.78, 5) is 0. The molecule has 3 atom stereocenters. The normalized spacial score (nSPS) is 28.1. The number of halogens is 1. The van der Waals surface area contributed by atoms with Crippen molar-refractivity contribution in [3.8, 4) is 6.07 Å². The minimum absolute atomic E-state index is 0.0712. The Morgan fingerprint density at radius 1 is 1.44 bits per heavy atom. The summed E-state index contributed by atoms with van der Waals surface area (Å²) < 4.78 is 1.99. The van der Waals surface area contributed by atoms with Crippen LogP contribution in [0.2, 0.25) is 5.02 Å². The first kappa shape index (κ1) is 13.4. The zero-order valence-electron chi connectivity index (χ0n) is 11.3. The Morgan fingerprint density at radius 3 is 2.67 bits per heavy atom. The van der Waals surface area contributed by atoms with Crippen LogP contribution in [-0.2, 0) is 0 Å². The van der Waals surface area contributed by atoms with E-state index in [2.05, 4.69) is 18.1 Å². The topological polar surface area (TPSA) is 41.6 Å². The maximum absolute atomic E-state index is 9.32. The molecule has 98 valence electrons. The first-order valence-electron chi connectivity index (χ1n) is 6.69. The van der Waals surface area contributed by atoms with Crippen molar-refractivity contribution in [3.63, 3.8) is 0 Å². The third kappa shape index (κ3) is 2.27. The van der Waals surface area contributed by atoms with Gasteiger partial charge in [0.2, 0.25) is 0 Å². The highest BCUT2D eigenvalue weighted by molar-refractivity contribution is 6.31. The quantitative estimate of drug-likeness (QED) is 0.810. The van der Waals surface area contributed by atoms with E-state index in [1.54, 1.807) is 0 Å². The van der Waals surface area contributed by atoms with E-state index in [1.807, 2.05) is 18.5 Å². The van der Waals surface area contributed by atoms with Gasteiger partial charge in [-0.1, -0.05) is 24.9 Å². The van der Waals surface area contributed by atoms with Crippen LogP contribution in [0.1, 0.15) is 50.0 Å². The van der Waals surface area contributed by atoms with Gasteiger partial charge in [-0.05, 0) is 39.0 Å². The van der Waals surface area contributed by atoms with E-state index >= 15 is 0 Å². The molecule has 0 N–H and O–H groups in total. The Labute approximate surface area is 114 Å². The highest BCUT2D eigenvalue weighted by Crippen LogP contribution is 2.39. The SMILES string of the molecule is CCC1CCC(C#N)C(n2nc(C)c(Cl)c2C)C1. The third-order valence-electron chi connectivity index (χ3n) is 4.22. The van der Waals surface area contributed by atoms with Gasteiger partial charge in [0.15, 0.2) is 0 Å². The van der Waals surface area contributed by atoms with Crippen LogP contribution in [0, 0.1) is 37.0 Å². The molecule has 1 aromatic heterocycles. The Morgan fingerprint density at radius 2 is 2.17 bits per heavy atom. The highest BCUT2D eigenvalue weighted by Gasteiger charge is 2.33. The summed E-state index contributed by atoms with van der Waals surface area (Å²) in [5.41, 5.74) is 1.86. The highest BCUT2D eigenvalue weighted by atomic mass is 35.5. The first-order valence-corrected chi connectivity index (χ1v) is 7.07. The molecule has 2 rings (SSSR count). The number of hydrogen-bond acceptors (Lipinski definition) is 2. The lowest BCUT2D eigenvalue weighted by molar-refractivity contribution is 0.201. The average molecular weight is 266 g/mol. The number of nitriles is 1. The summed E-state index contributed by atoms with van der Waals surface area (Å²) in [5, 5.41) is 14.6. The van der Waals surface area contributed by atoms with Gasteiger partial charge in [0.05, 0.1) is 34.4 Å². The zero-order chi connectivity index (χ0) is 13.3. The summed E-state index contributed by atoms with van der Waals surface area (Å²) in [6.07, 6.45) is 4.38. The maximum atomic E-state index is 9.32. The molecule has 1 heterocycles. The molecule has 0 spiro atoms. The lowest BCUT2D eigenvalue weighted by Gasteiger charge is -2.33. The molecule has 1 saturated carbocycles. The largest absolute Gasteiger partial charge is 0.264 e. The van der Waals surface area contributed by atoms with Gasteiger partial charge in [-0.3, -0.25) is 4.68 Å². The number of nitrogens with zero attached hydrogens (tertiary/aromatic N) is 3. The fraction of sp³-hybridized carbons (Fsp3) is 0.714. The van der Waals surface area contributed by atoms with E-state index in [0.29, 0.717) is 5.92 Å². The van der Waals surface area contributed by atoms with E-state index in [0.717, 1.165) is 35.7 Å². The Balaban J connectivity index is 2.33. The predicted molar refractivity (Wildman–Crippen MR) is 72.5 cm³/mol. The van der Waals surface area contributed by atoms with Crippen molar-refractivity contribution < 1.29 is 0 Å². The van der Waals surface area contributed by atoms with E-state index in [9.17, 15) is 5.26 Å². The van der Waals surface area contributed by atoms with Crippen LogP contribution >= 0.6 is 11.6 Å². The molecule has 3 nitrogen and oxygen atoms in total. The van der Waals surface area contributed by atoms with Crippen molar-refractivity contribution in [2.45, 2.75) is 52.5 Å². The standard InChI is InChI=1S/C14H20ClN3/c1-4-11-5-6-12(8-16)13(7-11)18-10(3)14(15)9(2)17-18/h11-13H,4-7H2,1-3H3. The lowest BCUT2D eigenvalue weighted by Crippen LogP contribution is -2.28. The number of rotatable bonds is 2. The second-order valence-corrected chi connectivity index (χ2v) is 5.70. The van der Waals surface area contributed by atoms with Crippen molar-refractivity contribution in [1.29, 1.82) is 5.26 Å². The van der Waals surface area contributed by atoms with E-state index in [-0.39, 0.29) is 12.0 Å². The summed E-state index contributed by atoms with van der Waals surface area (Å²) in [6.45, 7) is 6.14. The molecule has 0 amide bonds. The summed E-state index contributed by atoms with van der Waals surface area (Å²) in [6, 6.07) is 2.64. The molecule has 3 unspecified atom stereocenters. The molecule has 0 radical (unpaired) electrons. The monoisotopic (exact) mass is 265 g/mol. The zero-order valence-corrected chi connectivity index (χ0v) is 12.0. The molecule has 1 aromatic rings. The molecule has 18 heavy (non-hydrogen) atoms. The molecular weight excluding hydrogens is 246 g/mol. The van der Waals surface area contributed by atoms with Crippen LogP contribution in [0.4, 0.5) is 0 Å². The summed E-state index contributed by atoms with van der Waals surface area (Å²) >= 11 is 6.21. The molecule has 0 aliphatic heterocycles. The number of aryl methyl sites for hydroxylation is 1. The molecule has 0 saturated heterocycles. The molecule has 4 heteroatoms. The predicted octanol–water partition coefficient (Wildman–Crippen LogP) is 4.04. The van der Waals surface area contributed by atoms with Crippen molar-refractivity contribution in [2.75, 3.05) is 0 Å². The van der Waals surface area contributed by atoms with Gasteiger partial charge in [0, 0.05) is 0 Å².